The molecule has 0 spiro atoms. The van der Waals surface area contributed by atoms with Gasteiger partial charge >= 0.3 is 5.97 Å². The van der Waals surface area contributed by atoms with Crippen molar-refractivity contribution in [2.24, 2.45) is 5.14 Å². The lowest BCUT2D eigenvalue weighted by Crippen LogP contribution is -2.37. The van der Waals surface area contributed by atoms with Crippen LogP contribution in [0.2, 0.25) is 5.02 Å². The van der Waals surface area contributed by atoms with Crippen LogP contribution in [0.3, 0.4) is 0 Å². The average Bonchev–Trinajstić information content (AvgIpc) is 3.26. The number of ether oxygens (including phenoxy) is 2. The van der Waals surface area contributed by atoms with Crippen molar-refractivity contribution in [2.45, 2.75) is 11.5 Å². The SMILES string of the molecule is NS(=O)(=O)c1ccc(N2CCOCC2)c(C(=O)OCc2cc(-c3ccc(Cl)cc3)no2)c1. The van der Waals surface area contributed by atoms with E-state index in [1.807, 2.05) is 4.90 Å². The number of halogens is 1. The zero-order chi connectivity index (χ0) is 22.7. The molecule has 2 N–H and O–H groups in total. The van der Waals surface area contributed by atoms with Crippen LogP contribution >= 0.6 is 11.6 Å². The maximum absolute atomic E-state index is 12.9. The van der Waals surface area contributed by atoms with E-state index in [1.54, 1.807) is 36.4 Å². The van der Waals surface area contributed by atoms with Crippen molar-refractivity contribution in [2.75, 3.05) is 31.2 Å². The van der Waals surface area contributed by atoms with Gasteiger partial charge in [-0.05, 0) is 30.3 Å². The lowest BCUT2D eigenvalue weighted by molar-refractivity contribution is 0.0437. The molecule has 0 bridgehead atoms. The third kappa shape index (κ3) is 5.10. The highest BCUT2D eigenvalue weighted by atomic mass is 35.5. The Bertz CT molecular complexity index is 1220. The van der Waals surface area contributed by atoms with E-state index in [1.165, 1.54) is 12.1 Å². The fourth-order valence-electron chi connectivity index (χ4n) is 3.29. The molecule has 168 valence electrons. The number of carbonyl (C=O) groups excluding carboxylic acids is 1. The van der Waals surface area contributed by atoms with Gasteiger partial charge in [-0.3, -0.25) is 0 Å². The first-order valence-electron chi connectivity index (χ1n) is 9.69. The van der Waals surface area contributed by atoms with Gasteiger partial charge < -0.3 is 18.9 Å². The number of sulfonamides is 1. The number of esters is 1. The van der Waals surface area contributed by atoms with E-state index in [-0.39, 0.29) is 17.1 Å². The third-order valence-corrected chi connectivity index (χ3v) is 6.08. The van der Waals surface area contributed by atoms with Gasteiger partial charge in [-0.1, -0.05) is 28.9 Å². The lowest BCUT2D eigenvalue weighted by atomic mass is 10.1. The number of carbonyl (C=O) groups is 1. The zero-order valence-corrected chi connectivity index (χ0v) is 18.4. The van der Waals surface area contributed by atoms with Gasteiger partial charge in [-0.2, -0.15) is 0 Å². The summed E-state index contributed by atoms with van der Waals surface area (Å²) < 4.78 is 39.6. The van der Waals surface area contributed by atoms with Gasteiger partial charge in [-0.15, -0.1) is 0 Å². The molecule has 1 fully saturated rings. The van der Waals surface area contributed by atoms with Gasteiger partial charge in [0.2, 0.25) is 10.0 Å². The molecule has 0 unspecified atom stereocenters. The molecule has 0 aliphatic carbocycles. The van der Waals surface area contributed by atoms with Crippen LogP contribution in [-0.2, 0) is 26.1 Å². The number of morpholine rings is 1. The predicted octanol–water partition coefficient (Wildman–Crippen LogP) is 2.84. The minimum atomic E-state index is -3.99. The average molecular weight is 478 g/mol. The maximum atomic E-state index is 12.9. The van der Waals surface area contributed by atoms with Crippen LogP contribution in [0.4, 0.5) is 5.69 Å². The molecule has 0 saturated carbocycles. The largest absolute Gasteiger partial charge is 0.454 e. The molecule has 2 heterocycles. The Kier molecular flexibility index (Phi) is 6.47. The quantitative estimate of drug-likeness (QED) is 0.537. The topological polar surface area (TPSA) is 125 Å². The number of hydrogen-bond donors (Lipinski definition) is 1. The summed E-state index contributed by atoms with van der Waals surface area (Å²) in [6.45, 7) is 1.93. The van der Waals surface area contributed by atoms with Crippen molar-refractivity contribution in [3.63, 3.8) is 0 Å². The van der Waals surface area contributed by atoms with Crippen molar-refractivity contribution >= 4 is 33.3 Å². The minimum Gasteiger partial charge on any atom is -0.454 e. The van der Waals surface area contributed by atoms with E-state index in [0.29, 0.717) is 48.5 Å². The molecule has 11 heteroatoms. The number of anilines is 1. The van der Waals surface area contributed by atoms with Crippen molar-refractivity contribution < 1.29 is 27.2 Å². The zero-order valence-electron chi connectivity index (χ0n) is 16.9. The van der Waals surface area contributed by atoms with Crippen LogP contribution in [0.5, 0.6) is 0 Å². The van der Waals surface area contributed by atoms with Crippen molar-refractivity contribution in [3.05, 3.63) is 64.9 Å². The second kappa shape index (κ2) is 9.29. The molecular weight excluding hydrogens is 458 g/mol. The molecule has 1 aromatic heterocycles. The van der Waals surface area contributed by atoms with E-state index in [9.17, 15) is 13.2 Å². The summed E-state index contributed by atoms with van der Waals surface area (Å²) in [5.41, 5.74) is 2.00. The monoisotopic (exact) mass is 477 g/mol. The molecule has 0 atom stereocenters. The Balaban J connectivity index is 1.54. The fourth-order valence-corrected chi connectivity index (χ4v) is 3.95. The summed E-state index contributed by atoms with van der Waals surface area (Å²) in [6, 6.07) is 12.9. The first kappa shape index (κ1) is 22.3. The summed E-state index contributed by atoms with van der Waals surface area (Å²) in [4.78, 5) is 14.6. The second-order valence-corrected chi connectivity index (χ2v) is 9.08. The Labute approximate surface area is 189 Å². The number of nitrogens with two attached hydrogens (primary N) is 1. The Hall–Kier alpha value is -2.92. The fraction of sp³-hybridized carbons (Fsp3) is 0.238. The smallest absolute Gasteiger partial charge is 0.340 e. The second-order valence-electron chi connectivity index (χ2n) is 7.08. The highest BCUT2D eigenvalue weighted by Crippen LogP contribution is 2.27. The van der Waals surface area contributed by atoms with Gasteiger partial charge in [0, 0.05) is 29.7 Å². The molecule has 1 saturated heterocycles. The van der Waals surface area contributed by atoms with E-state index >= 15 is 0 Å². The predicted molar refractivity (Wildman–Crippen MR) is 117 cm³/mol. The summed E-state index contributed by atoms with van der Waals surface area (Å²) in [7, 11) is -3.99. The van der Waals surface area contributed by atoms with Crippen molar-refractivity contribution in [3.8, 4) is 11.3 Å². The van der Waals surface area contributed by atoms with Crippen LogP contribution in [0.1, 0.15) is 16.1 Å². The lowest BCUT2D eigenvalue weighted by Gasteiger charge is -2.30. The van der Waals surface area contributed by atoms with Gasteiger partial charge in [0.25, 0.3) is 0 Å². The van der Waals surface area contributed by atoms with E-state index in [2.05, 4.69) is 5.16 Å². The van der Waals surface area contributed by atoms with Gasteiger partial charge in [0.15, 0.2) is 12.4 Å². The highest BCUT2D eigenvalue weighted by Gasteiger charge is 2.23. The Morgan fingerprint density at radius 2 is 1.84 bits per heavy atom. The molecule has 0 amide bonds. The molecular formula is C21H20ClN3O6S. The summed E-state index contributed by atoms with van der Waals surface area (Å²) >= 11 is 5.90. The normalized spacial score (nSPS) is 14.4. The first-order valence-corrected chi connectivity index (χ1v) is 11.6. The number of hydrogen-bond acceptors (Lipinski definition) is 8. The standard InChI is InChI=1S/C21H20ClN3O6S/c22-15-3-1-14(2-4-15)19-11-16(31-24-19)13-30-21(26)18-12-17(32(23,27)28)5-6-20(18)25-7-9-29-10-8-25/h1-6,11-12H,7-10,13H2,(H2,23,27,28). The first-order chi connectivity index (χ1) is 15.3. The van der Waals surface area contributed by atoms with Crippen LogP contribution < -0.4 is 10.0 Å². The van der Waals surface area contributed by atoms with Crippen LogP contribution in [0.15, 0.2) is 57.9 Å². The van der Waals surface area contributed by atoms with Crippen molar-refractivity contribution in [1.82, 2.24) is 5.16 Å². The third-order valence-electron chi connectivity index (χ3n) is 4.91. The van der Waals surface area contributed by atoms with Gasteiger partial charge in [0.1, 0.15) is 5.69 Å². The number of primary sulfonamides is 1. The van der Waals surface area contributed by atoms with E-state index in [4.69, 9.17) is 30.7 Å². The summed E-state index contributed by atoms with van der Waals surface area (Å²) in [5.74, 6) is -0.375. The summed E-state index contributed by atoms with van der Waals surface area (Å²) in [5, 5.41) is 9.82. The number of rotatable bonds is 6. The van der Waals surface area contributed by atoms with Gasteiger partial charge in [-0.25, -0.2) is 18.4 Å². The Morgan fingerprint density at radius 3 is 2.53 bits per heavy atom. The minimum absolute atomic E-state index is 0.0934. The molecule has 1 aliphatic rings. The molecule has 2 aromatic carbocycles. The molecule has 4 rings (SSSR count). The maximum Gasteiger partial charge on any atom is 0.340 e. The molecule has 32 heavy (non-hydrogen) atoms. The molecule has 1 aliphatic heterocycles. The van der Waals surface area contributed by atoms with Crippen LogP contribution in [0.25, 0.3) is 11.3 Å². The molecule has 9 nitrogen and oxygen atoms in total. The number of aromatic nitrogens is 1. The number of nitrogens with zero attached hydrogens (tertiary/aromatic N) is 2. The van der Waals surface area contributed by atoms with Gasteiger partial charge in [0.05, 0.1) is 29.4 Å². The number of benzene rings is 2. The van der Waals surface area contributed by atoms with E-state index in [0.717, 1.165) is 5.56 Å². The van der Waals surface area contributed by atoms with Crippen LogP contribution in [-0.4, -0.2) is 45.8 Å². The summed E-state index contributed by atoms with van der Waals surface area (Å²) in [6.07, 6.45) is 0. The Morgan fingerprint density at radius 1 is 1.12 bits per heavy atom. The van der Waals surface area contributed by atoms with E-state index < -0.39 is 16.0 Å². The molecule has 3 aromatic rings. The molecule has 0 radical (unpaired) electrons. The van der Waals surface area contributed by atoms with Crippen LogP contribution in [0, 0.1) is 0 Å². The van der Waals surface area contributed by atoms with Crippen molar-refractivity contribution in [1.29, 1.82) is 0 Å². The highest BCUT2D eigenvalue weighted by molar-refractivity contribution is 7.89.